The summed E-state index contributed by atoms with van der Waals surface area (Å²) in [5.41, 5.74) is 1.88. The first-order valence-electron chi connectivity index (χ1n) is 11.0. The highest BCUT2D eigenvalue weighted by atomic mass is 35.5. The maximum absolute atomic E-state index is 13.3. The number of imidazole rings is 1. The third kappa shape index (κ3) is 4.46. The smallest absolute Gasteiger partial charge is 0.354 e. The van der Waals surface area contributed by atoms with Crippen LogP contribution in [0.1, 0.15) is 45.3 Å². The molecule has 1 aliphatic heterocycles. The Bertz CT molecular complexity index is 1330. The molecule has 1 fully saturated rings. The van der Waals surface area contributed by atoms with Crippen LogP contribution in [-0.4, -0.2) is 55.9 Å². The molecule has 0 saturated carbocycles. The van der Waals surface area contributed by atoms with Crippen LogP contribution in [0.15, 0.2) is 48.6 Å². The Morgan fingerprint density at radius 1 is 1.26 bits per heavy atom. The number of Topliss-reactive ketones (excluding diaryl/α,β-unsaturated/α-hetero) is 1. The molecule has 3 aromatic rings. The molecule has 0 radical (unpaired) electrons. The standard InChI is InChI=1S/C25H25ClN4O5/c1-14-18(15(2)28-20(14)25(34)35-3)22(31)19-21(16-6-4-7-17(26)12-16)30(24(33)23(19)32)10-5-9-29-11-8-27-13-29/h4,6-8,11-13,21,28,31H,5,9-10H2,1-3H3/b22-19-. The average molecular weight is 497 g/mol. The van der Waals surface area contributed by atoms with Gasteiger partial charge >= 0.3 is 5.97 Å². The Labute approximate surface area is 207 Å². The first kappa shape index (κ1) is 24.3. The Hall–Kier alpha value is -3.85. The second kappa shape index (κ2) is 9.79. The van der Waals surface area contributed by atoms with Gasteiger partial charge in [-0.05, 0) is 43.5 Å². The second-order valence-corrected chi connectivity index (χ2v) is 8.75. The molecule has 35 heavy (non-hydrogen) atoms. The van der Waals surface area contributed by atoms with E-state index in [1.54, 1.807) is 50.6 Å². The van der Waals surface area contributed by atoms with Gasteiger partial charge in [-0.25, -0.2) is 9.78 Å². The van der Waals surface area contributed by atoms with Crippen molar-refractivity contribution in [3.63, 3.8) is 0 Å². The number of ether oxygens (including phenoxy) is 1. The van der Waals surface area contributed by atoms with E-state index in [2.05, 4.69) is 9.97 Å². The SMILES string of the molecule is COC(=O)c1[nH]c(C)c(/C(O)=C2/C(=O)C(=O)N(CCCn3ccnc3)C2c2cccc(Cl)c2)c1C. The fourth-order valence-electron chi connectivity index (χ4n) is 4.52. The lowest BCUT2D eigenvalue weighted by Crippen LogP contribution is -2.31. The molecule has 10 heteroatoms. The van der Waals surface area contributed by atoms with E-state index in [0.717, 1.165) is 0 Å². The Morgan fingerprint density at radius 2 is 2.03 bits per heavy atom. The molecule has 1 saturated heterocycles. The molecule has 1 unspecified atom stereocenters. The van der Waals surface area contributed by atoms with Gasteiger partial charge in [0.2, 0.25) is 0 Å². The lowest BCUT2D eigenvalue weighted by atomic mass is 9.94. The summed E-state index contributed by atoms with van der Waals surface area (Å²) in [7, 11) is 1.26. The zero-order chi connectivity index (χ0) is 25.3. The van der Waals surface area contributed by atoms with Crippen molar-refractivity contribution in [1.29, 1.82) is 0 Å². The molecule has 1 aliphatic rings. The normalized spacial score (nSPS) is 17.3. The molecule has 0 aliphatic carbocycles. The maximum Gasteiger partial charge on any atom is 0.354 e. The van der Waals surface area contributed by atoms with Crippen LogP contribution in [-0.2, 0) is 20.9 Å². The summed E-state index contributed by atoms with van der Waals surface area (Å²) in [5.74, 6) is -2.46. The van der Waals surface area contributed by atoms with Crippen LogP contribution < -0.4 is 0 Å². The Balaban J connectivity index is 1.80. The Morgan fingerprint density at radius 3 is 2.69 bits per heavy atom. The third-order valence-corrected chi connectivity index (χ3v) is 6.38. The number of H-pyrrole nitrogens is 1. The zero-order valence-electron chi connectivity index (χ0n) is 19.5. The number of hydrogen-bond donors (Lipinski definition) is 2. The van der Waals surface area contributed by atoms with Crippen molar-refractivity contribution >= 4 is 35.0 Å². The van der Waals surface area contributed by atoms with Crippen LogP contribution in [0, 0.1) is 13.8 Å². The first-order chi connectivity index (χ1) is 16.7. The molecule has 1 aromatic carbocycles. The predicted octanol–water partition coefficient (Wildman–Crippen LogP) is 3.78. The molecular formula is C25H25ClN4O5. The number of hydrogen-bond acceptors (Lipinski definition) is 6. The summed E-state index contributed by atoms with van der Waals surface area (Å²) >= 11 is 6.23. The number of carbonyl (C=O) groups is 3. The van der Waals surface area contributed by atoms with Crippen LogP contribution in [0.2, 0.25) is 5.02 Å². The number of amides is 1. The highest BCUT2D eigenvalue weighted by molar-refractivity contribution is 6.46. The largest absolute Gasteiger partial charge is 0.507 e. The van der Waals surface area contributed by atoms with E-state index in [0.29, 0.717) is 34.8 Å². The molecule has 0 bridgehead atoms. The summed E-state index contributed by atoms with van der Waals surface area (Å²) < 4.78 is 6.69. The number of nitrogens with zero attached hydrogens (tertiary/aromatic N) is 3. The van der Waals surface area contributed by atoms with Crippen molar-refractivity contribution in [3.8, 4) is 0 Å². The van der Waals surface area contributed by atoms with Gasteiger partial charge < -0.3 is 24.3 Å². The van der Waals surface area contributed by atoms with Crippen molar-refractivity contribution in [2.24, 2.45) is 0 Å². The van der Waals surface area contributed by atoms with Gasteiger partial charge in [-0.3, -0.25) is 9.59 Å². The van der Waals surface area contributed by atoms with Crippen LogP contribution in [0.5, 0.6) is 0 Å². The second-order valence-electron chi connectivity index (χ2n) is 8.32. The first-order valence-corrected chi connectivity index (χ1v) is 11.4. The van der Waals surface area contributed by atoms with Crippen LogP contribution >= 0.6 is 11.6 Å². The Kier molecular flexibility index (Phi) is 6.79. The molecule has 0 spiro atoms. The van der Waals surface area contributed by atoms with E-state index in [1.807, 2.05) is 10.8 Å². The number of aromatic nitrogens is 3. The monoisotopic (exact) mass is 496 g/mol. The van der Waals surface area contributed by atoms with Crippen molar-refractivity contribution in [1.82, 2.24) is 19.4 Å². The van der Waals surface area contributed by atoms with E-state index in [1.165, 1.54) is 12.0 Å². The summed E-state index contributed by atoms with van der Waals surface area (Å²) in [6.45, 7) is 4.18. The van der Waals surface area contributed by atoms with E-state index < -0.39 is 23.7 Å². The minimum absolute atomic E-state index is 0.0542. The molecule has 1 atom stereocenters. The quantitative estimate of drug-likeness (QED) is 0.222. The maximum atomic E-state index is 13.3. The summed E-state index contributed by atoms with van der Waals surface area (Å²) in [6.07, 6.45) is 5.73. The summed E-state index contributed by atoms with van der Waals surface area (Å²) in [5, 5.41) is 11.8. The van der Waals surface area contributed by atoms with Crippen LogP contribution in [0.25, 0.3) is 5.76 Å². The van der Waals surface area contributed by atoms with Gasteiger partial charge in [0.15, 0.2) is 0 Å². The number of aryl methyl sites for hydroxylation is 2. The fourth-order valence-corrected chi connectivity index (χ4v) is 4.72. The average Bonchev–Trinajstić information content (AvgIpc) is 3.52. The summed E-state index contributed by atoms with van der Waals surface area (Å²) in [4.78, 5) is 46.9. The van der Waals surface area contributed by atoms with Gasteiger partial charge in [-0.15, -0.1) is 0 Å². The lowest BCUT2D eigenvalue weighted by Gasteiger charge is -2.25. The highest BCUT2D eigenvalue weighted by Gasteiger charge is 2.46. The van der Waals surface area contributed by atoms with Gasteiger partial charge in [-0.1, -0.05) is 23.7 Å². The number of nitrogens with one attached hydrogen (secondary N) is 1. The van der Waals surface area contributed by atoms with E-state index in [-0.39, 0.29) is 29.1 Å². The molecule has 182 valence electrons. The topological polar surface area (TPSA) is 118 Å². The number of methoxy groups -OCH3 is 1. The number of esters is 1. The lowest BCUT2D eigenvalue weighted by molar-refractivity contribution is -0.139. The van der Waals surface area contributed by atoms with Gasteiger partial charge in [0.05, 0.1) is 25.1 Å². The number of likely N-dealkylation sites (tertiary alicyclic amines) is 1. The van der Waals surface area contributed by atoms with Gasteiger partial charge in [0.1, 0.15) is 11.5 Å². The van der Waals surface area contributed by atoms with E-state index in [4.69, 9.17) is 16.3 Å². The molecule has 9 nitrogen and oxygen atoms in total. The van der Waals surface area contributed by atoms with Crippen LogP contribution in [0.4, 0.5) is 0 Å². The molecule has 4 rings (SSSR count). The number of carbonyl (C=O) groups excluding carboxylic acids is 3. The number of halogens is 1. The molecule has 2 N–H and O–H groups in total. The van der Waals surface area contributed by atoms with Gasteiger partial charge in [0.25, 0.3) is 11.7 Å². The number of ketones is 1. The minimum atomic E-state index is -0.841. The van der Waals surface area contributed by atoms with Crippen molar-refractivity contribution < 1.29 is 24.2 Å². The third-order valence-electron chi connectivity index (χ3n) is 6.14. The van der Waals surface area contributed by atoms with E-state index >= 15 is 0 Å². The number of rotatable bonds is 7. The fraction of sp³-hybridized carbons (Fsp3) is 0.280. The number of aromatic amines is 1. The number of aliphatic hydroxyl groups is 1. The minimum Gasteiger partial charge on any atom is -0.507 e. The van der Waals surface area contributed by atoms with Crippen molar-refractivity contribution in [3.05, 3.63) is 81.7 Å². The number of aliphatic hydroxyl groups excluding tert-OH is 1. The van der Waals surface area contributed by atoms with E-state index in [9.17, 15) is 19.5 Å². The van der Waals surface area contributed by atoms with Crippen LogP contribution in [0.3, 0.4) is 0 Å². The van der Waals surface area contributed by atoms with Crippen molar-refractivity contribution in [2.75, 3.05) is 13.7 Å². The zero-order valence-corrected chi connectivity index (χ0v) is 20.3. The van der Waals surface area contributed by atoms with Gasteiger partial charge in [0, 0.05) is 41.8 Å². The molecule has 3 heterocycles. The molecule has 2 aromatic heterocycles. The summed E-state index contributed by atoms with van der Waals surface area (Å²) in [6, 6.07) is 6.01. The molecular weight excluding hydrogens is 472 g/mol. The predicted molar refractivity (Wildman–Crippen MR) is 129 cm³/mol. The number of benzene rings is 1. The molecule has 1 amide bonds. The van der Waals surface area contributed by atoms with Gasteiger partial charge in [-0.2, -0.15) is 0 Å². The highest BCUT2D eigenvalue weighted by Crippen LogP contribution is 2.41. The van der Waals surface area contributed by atoms with Crippen molar-refractivity contribution in [2.45, 2.75) is 32.9 Å².